The van der Waals surface area contributed by atoms with Crippen LogP contribution in [0.15, 0.2) is 4.99 Å². The average Bonchev–Trinajstić information content (AvgIpc) is 2.31. The zero-order valence-electron chi connectivity index (χ0n) is 7.25. The van der Waals surface area contributed by atoms with Crippen molar-refractivity contribution < 1.29 is 9.53 Å². The number of aliphatic imine (C=N–C) groups is 1. The van der Waals surface area contributed by atoms with E-state index in [1.807, 2.05) is 0 Å². The van der Waals surface area contributed by atoms with E-state index in [2.05, 4.69) is 4.99 Å². The second-order valence-corrected chi connectivity index (χ2v) is 2.87. The van der Waals surface area contributed by atoms with Gasteiger partial charge in [-0.15, -0.1) is 0 Å². The van der Waals surface area contributed by atoms with Gasteiger partial charge < -0.3 is 10.5 Å². The molecule has 0 aromatic heterocycles. The topological polar surface area (TPSA) is 64.7 Å². The number of nitrogens with two attached hydrogens (primary N) is 1. The van der Waals surface area contributed by atoms with E-state index in [1.165, 1.54) is 0 Å². The van der Waals surface area contributed by atoms with Gasteiger partial charge in [-0.3, -0.25) is 0 Å². The number of carbonyl (C=O) groups excluding carboxylic acids is 1. The molecule has 1 unspecified atom stereocenters. The summed E-state index contributed by atoms with van der Waals surface area (Å²) in [5, 5.41) is 0. The lowest BCUT2D eigenvalue weighted by Crippen LogP contribution is -2.15. The molecule has 0 saturated heterocycles. The molecule has 0 aromatic carbocycles. The largest absolute Gasteiger partial charge is 0.411 e. The molecule has 0 saturated carbocycles. The van der Waals surface area contributed by atoms with Gasteiger partial charge in [0.1, 0.15) is 0 Å². The van der Waals surface area contributed by atoms with Gasteiger partial charge >= 0.3 is 5.97 Å². The summed E-state index contributed by atoms with van der Waals surface area (Å²) in [6.45, 7) is 2.37. The molecule has 0 spiro atoms. The predicted octanol–water partition coefficient (Wildman–Crippen LogP) is 0.459. The number of esters is 1. The second-order valence-electron chi connectivity index (χ2n) is 2.87. The molecule has 2 N–H and O–H groups in total. The van der Waals surface area contributed by atoms with Crippen molar-refractivity contribution in [3.05, 3.63) is 0 Å². The van der Waals surface area contributed by atoms with Crippen LogP contribution >= 0.6 is 0 Å². The maximum absolute atomic E-state index is 11.0. The van der Waals surface area contributed by atoms with Crippen LogP contribution in [0.1, 0.15) is 26.2 Å². The lowest BCUT2D eigenvalue weighted by Gasteiger charge is -2.01. The van der Waals surface area contributed by atoms with Crippen molar-refractivity contribution in [1.29, 1.82) is 0 Å². The molecule has 68 valence electrons. The lowest BCUT2D eigenvalue weighted by atomic mass is 10.1. The Balaban J connectivity index is 2.28. The minimum atomic E-state index is -0.267. The van der Waals surface area contributed by atoms with Gasteiger partial charge in [-0.2, -0.15) is 0 Å². The highest BCUT2D eigenvalue weighted by atomic mass is 16.6. The third-order valence-corrected chi connectivity index (χ3v) is 1.79. The summed E-state index contributed by atoms with van der Waals surface area (Å²) in [4.78, 5) is 15.1. The number of hydrogen-bond acceptors (Lipinski definition) is 4. The number of unbranched alkanes of at least 4 members (excludes halogenated alkanes) is 1. The first-order valence-corrected chi connectivity index (χ1v) is 4.20. The Hall–Kier alpha value is -0.900. The Labute approximate surface area is 71.8 Å². The van der Waals surface area contributed by atoms with Gasteiger partial charge in [0.15, 0.2) is 11.9 Å². The first kappa shape index (κ1) is 9.19. The second kappa shape index (κ2) is 4.21. The van der Waals surface area contributed by atoms with Gasteiger partial charge in [-0.05, 0) is 25.8 Å². The molecule has 1 atom stereocenters. The van der Waals surface area contributed by atoms with Crippen molar-refractivity contribution in [1.82, 2.24) is 0 Å². The fraction of sp³-hybridized carbons (Fsp3) is 0.750. The van der Waals surface area contributed by atoms with Crippen LogP contribution in [0, 0.1) is 0 Å². The smallest absolute Gasteiger partial charge is 0.337 e. The van der Waals surface area contributed by atoms with Crippen LogP contribution in [0.4, 0.5) is 0 Å². The molecule has 1 rings (SSSR count). The van der Waals surface area contributed by atoms with E-state index in [1.54, 1.807) is 6.92 Å². The van der Waals surface area contributed by atoms with Gasteiger partial charge in [-0.25, -0.2) is 9.79 Å². The minimum absolute atomic E-state index is 0.218. The van der Waals surface area contributed by atoms with Crippen molar-refractivity contribution in [2.75, 3.05) is 6.54 Å². The molecular weight excluding hydrogens is 156 g/mol. The molecule has 0 fully saturated rings. The Kier molecular flexibility index (Phi) is 3.22. The monoisotopic (exact) mass is 170 g/mol. The Morgan fingerprint density at radius 1 is 1.58 bits per heavy atom. The van der Waals surface area contributed by atoms with Crippen LogP contribution in [0.3, 0.4) is 0 Å². The molecule has 4 heteroatoms. The zero-order chi connectivity index (χ0) is 8.97. The fourth-order valence-corrected chi connectivity index (χ4v) is 1.18. The Morgan fingerprint density at radius 2 is 2.33 bits per heavy atom. The van der Waals surface area contributed by atoms with Crippen molar-refractivity contribution in [2.24, 2.45) is 10.7 Å². The van der Waals surface area contributed by atoms with E-state index >= 15 is 0 Å². The predicted molar refractivity (Wildman–Crippen MR) is 45.9 cm³/mol. The van der Waals surface area contributed by atoms with Crippen LogP contribution in [-0.2, 0) is 9.53 Å². The molecule has 1 heterocycles. The quantitative estimate of drug-likeness (QED) is 0.492. The summed E-state index contributed by atoms with van der Waals surface area (Å²) in [6.07, 6.45) is 2.64. The molecule has 0 bridgehead atoms. The summed E-state index contributed by atoms with van der Waals surface area (Å²) in [5.41, 5.74) is 5.32. The van der Waals surface area contributed by atoms with Crippen molar-refractivity contribution in [2.45, 2.75) is 32.2 Å². The van der Waals surface area contributed by atoms with Crippen LogP contribution in [-0.4, -0.2) is 24.5 Å². The van der Waals surface area contributed by atoms with Crippen molar-refractivity contribution in [3.63, 3.8) is 0 Å². The molecule has 0 aliphatic carbocycles. The summed E-state index contributed by atoms with van der Waals surface area (Å²) < 4.78 is 4.78. The number of cyclic esters (lactones) is 1. The molecule has 0 amide bonds. The number of hydrogen-bond donors (Lipinski definition) is 1. The van der Waals surface area contributed by atoms with Gasteiger partial charge in [-0.1, -0.05) is 0 Å². The standard InChI is InChI=1S/C8H14N2O2/c1-6-10-7(8(11)12-6)4-2-3-5-9/h7H,2-5,9H2,1H3. The highest BCUT2D eigenvalue weighted by Crippen LogP contribution is 2.12. The lowest BCUT2D eigenvalue weighted by molar-refractivity contribution is -0.135. The normalized spacial score (nSPS) is 22.3. The summed E-state index contributed by atoms with van der Waals surface area (Å²) in [6, 6.07) is -0.267. The summed E-state index contributed by atoms with van der Waals surface area (Å²) in [7, 11) is 0. The van der Waals surface area contributed by atoms with E-state index in [4.69, 9.17) is 10.5 Å². The van der Waals surface area contributed by atoms with Crippen molar-refractivity contribution >= 4 is 11.9 Å². The Bertz CT molecular complexity index is 201. The van der Waals surface area contributed by atoms with E-state index in [9.17, 15) is 4.79 Å². The van der Waals surface area contributed by atoms with Gasteiger partial charge in [0.25, 0.3) is 0 Å². The summed E-state index contributed by atoms with van der Waals surface area (Å²) >= 11 is 0. The fourth-order valence-electron chi connectivity index (χ4n) is 1.18. The van der Waals surface area contributed by atoms with Crippen LogP contribution in [0.25, 0.3) is 0 Å². The minimum Gasteiger partial charge on any atom is -0.411 e. The van der Waals surface area contributed by atoms with Crippen LogP contribution in [0.5, 0.6) is 0 Å². The van der Waals surface area contributed by atoms with E-state index in [0.717, 1.165) is 19.3 Å². The van der Waals surface area contributed by atoms with Gasteiger partial charge in [0.2, 0.25) is 0 Å². The molecule has 1 aliphatic heterocycles. The van der Waals surface area contributed by atoms with Crippen LogP contribution < -0.4 is 5.73 Å². The highest BCUT2D eigenvalue weighted by Gasteiger charge is 2.25. The maximum Gasteiger partial charge on any atom is 0.337 e. The number of nitrogens with zero attached hydrogens (tertiary/aromatic N) is 1. The zero-order valence-corrected chi connectivity index (χ0v) is 7.25. The molecule has 1 aliphatic rings. The molecule has 0 radical (unpaired) electrons. The van der Waals surface area contributed by atoms with Crippen molar-refractivity contribution in [3.8, 4) is 0 Å². The average molecular weight is 170 g/mol. The van der Waals surface area contributed by atoms with Crippen LogP contribution in [0.2, 0.25) is 0 Å². The molecule has 0 aromatic rings. The first-order chi connectivity index (χ1) is 5.74. The summed E-state index contributed by atoms with van der Waals surface area (Å²) in [5.74, 6) is 0.266. The van der Waals surface area contributed by atoms with E-state index in [0.29, 0.717) is 12.4 Å². The SMILES string of the molecule is CC1=NC(CCCCN)C(=O)O1. The number of ether oxygens (including phenoxy) is 1. The number of carbonyl (C=O) groups is 1. The molecule has 12 heavy (non-hydrogen) atoms. The van der Waals surface area contributed by atoms with Gasteiger partial charge in [0, 0.05) is 6.92 Å². The molecular formula is C8H14N2O2. The number of rotatable bonds is 4. The van der Waals surface area contributed by atoms with Gasteiger partial charge in [0.05, 0.1) is 0 Å². The first-order valence-electron chi connectivity index (χ1n) is 4.20. The van der Waals surface area contributed by atoms with E-state index < -0.39 is 0 Å². The van der Waals surface area contributed by atoms with E-state index in [-0.39, 0.29) is 12.0 Å². The third kappa shape index (κ3) is 2.30. The highest BCUT2D eigenvalue weighted by molar-refractivity contribution is 5.95. The Morgan fingerprint density at radius 3 is 2.83 bits per heavy atom. The maximum atomic E-state index is 11.0. The molecule has 4 nitrogen and oxygen atoms in total. The third-order valence-electron chi connectivity index (χ3n) is 1.79.